The van der Waals surface area contributed by atoms with Crippen LogP contribution in [0.15, 0.2) is 46.2 Å². The number of anilines is 2. The monoisotopic (exact) mass is 440 g/mol. The fraction of sp³-hybridized carbons (Fsp3) is 0.263. The van der Waals surface area contributed by atoms with Gasteiger partial charge in [0.25, 0.3) is 0 Å². The van der Waals surface area contributed by atoms with Crippen molar-refractivity contribution in [3.63, 3.8) is 0 Å². The van der Waals surface area contributed by atoms with Crippen LogP contribution < -0.4 is 10.6 Å². The average molecular weight is 440 g/mol. The van der Waals surface area contributed by atoms with Gasteiger partial charge in [0.05, 0.1) is 22.0 Å². The van der Waals surface area contributed by atoms with Gasteiger partial charge in [-0.1, -0.05) is 6.92 Å². The van der Waals surface area contributed by atoms with Crippen LogP contribution in [-0.4, -0.2) is 31.7 Å². The molecule has 0 aliphatic carbocycles. The van der Waals surface area contributed by atoms with Gasteiger partial charge in [0, 0.05) is 29.1 Å². The van der Waals surface area contributed by atoms with Crippen molar-refractivity contribution in [3.05, 3.63) is 48.0 Å². The zero-order valence-corrected chi connectivity index (χ0v) is 17.0. The lowest BCUT2D eigenvalue weighted by Gasteiger charge is -2.10. The van der Waals surface area contributed by atoms with Gasteiger partial charge in [0.2, 0.25) is 11.8 Å². The van der Waals surface area contributed by atoms with E-state index in [1.807, 2.05) is 0 Å². The Labute approximate surface area is 171 Å². The van der Waals surface area contributed by atoms with Gasteiger partial charge in [0.1, 0.15) is 11.6 Å². The van der Waals surface area contributed by atoms with Crippen molar-refractivity contribution >= 4 is 44.8 Å². The molecule has 0 fully saturated rings. The van der Waals surface area contributed by atoms with Crippen LogP contribution in [0.25, 0.3) is 0 Å². The summed E-state index contributed by atoms with van der Waals surface area (Å²) < 4.78 is 51.7. The molecule has 2 aromatic rings. The Morgan fingerprint density at radius 3 is 2.72 bits per heavy atom. The number of carbonyl (C=O) groups is 2. The number of thioether (sulfide) groups is 1. The van der Waals surface area contributed by atoms with Crippen molar-refractivity contribution in [2.45, 2.75) is 23.1 Å². The van der Waals surface area contributed by atoms with E-state index in [2.05, 4.69) is 10.6 Å². The highest BCUT2D eigenvalue weighted by Gasteiger charge is 2.23. The molecular formula is C19H18F2N2O4S2. The minimum Gasteiger partial charge on any atom is -0.325 e. The van der Waals surface area contributed by atoms with Crippen LogP contribution in [0.5, 0.6) is 0 Å². The van der Waals surface area contributed by atoms with Crippen LogP contribution in [0.3, 0.4) is 0 Å². The third kappa shape index (κ3) is 5.13. The fourth-order valence-electron chi connectivity index (χ4n) is 2.62. The number of carbonyl (C=O) groups excluding carboxylic acids is 2. The Bertz CT molecular complexity index is 1070. The van der Waals surface area contributed by atoms with E-state index in [1.165, 1.54) is 23.9 Å². The third-order valence-electron chi connectivity index (χ3n) is 4.31. The van der Waals surface area contributed by atoms with Crippen LogP contribution in [-0.2, 0) is 19.4 Å². The Morgan fingerprint density at radius 2 is 2.00 bits per heavy atom. The van der Waals surface area contributed by atoms with E-state index in [9.17, 15) is 26.8 Å². The van der Waals surface area contributed by atoms with E-state index in [4.69, 9.17) is 0 Å². The number of rotatable bonds is 5. The molecule has 29 heavy (non-hydrogen) atoms. The molecule has 1 heterocycles. The number of amides is 2. The summed E-state index contributed by atoms with van der Waals surface area (Å²) in [4.78, 5) is 24.7. The van der Waals surface area contributed by atoms with E-state index in [1.54, 1.807) is 13.0 Å². The van der Waals surface area contributed by atoms with Crippen LogP contribution in [0.4, 0.5) is 20.2 Å². The lowest BCUT2D eigenvalue weighted by Crippen LogP contribution is -2.20. The van der Waals surface area contributed by atoms with Gasteiger partial charge >= 0.3 is 0 Å². The fourth-order valence-corrected chi connectivity index (χ4v) is 4.89. The molecule has 0 unspecified atom stereocenters. The third-order valence-corrected chi connectivity index (χ3v) is 7.35. The molecule has 2 N–H and O–H groups in total. The molecule has 2 amide bonds. The predicted molar refractivity (Wildman–Crippen MR) is 107 cm³/mol. The first-order chi connectivity index (χ1) is 13.7. The smallest absolute Gasteiger partial charge is 0.228 e. The molecule has 6 nitrogen and oxygen atoms in total. The summed E-state index contributed by atoms with van der Waals surface area (Å²) in [5.74, 6) is -2.76. The summed E-state index contributed by atoms with van der Waals surface area (Å²) in [6.45, 7) is 1.79. The molecule has 0 saturated carbocycles. The maximum atomic E-state index is 13.6. The van der Waals surface area contributed by atoms with Gasteiger partial charge in [-0.05, 0) is 30.3 Å². The second kappa shape index (κ2) is 8.50. The Hall–Kier alpha value is -2.46. The normalized spacial score (nSPS) is 16.5. The summed E-state index contributed by atoms with van der Waals surface area (Å²) in [6.07, 6.45) is -0.408. The van der Waals surface area contributed by atoms with Crippen molar-refractivity contribution in [2.24, 2.45) is 5.92 Å². The SMILES string of the molecule is C[C@H]1CSc2ccc(S(=O)(=O)CCC(=O)Nc3ccc(F)cc3F)cc2NC1=O. The predicted octanol–water partition coefficient (Wildman–Crippen LogP) is 3.45. The number of sulfone groups is 1. The zero-order valence-electron chi connectivity index (χ0n) is 15.4. The van der Waals surface area contributed by atoms with Crippen molar-refractivity contribution < 1.29 is 26.8 Å². The highest BCUT2D eigenvalue weighted by Crippen LogP contribution is 2.34. The lowest BCUT2D eigenvalue weighted by molar-refractivity contribution is -0.118. The Kier molecular flexibility index (Phi) is 6.23. The molecular weight excluding hydrogens is 422 g/mol. The van der Waals surface area contributed by atoms with Crippen LogP contribution >= 0.6 is 11.8 Å². The molecule has 0 aromatic heterocycles. The van der Waals surface area contributed by atoms with Gasteiger partial charge < -0.3 is 10.6 Å². The van der Waals surface area contributed by atoms with Crippen molar-refractivity contribution in [3.8, 4) is 0 Å². The maximum absolute atomic E-state index is 13.6. The Morgan fingerprint density at radius 1 is 1.24 bits per heavy atom. The number of fused-ring (bicyclic) bond motifs is 1. The number of halogens is 2. The van der Waals surface area contributed by atoms with Crippen molar-refractivity contribution in [2.75, 3.05) is 22.1 Å². The summed E-state index contributed by atoms with van der Waals surface area (Å²) >= 11 is 1.46. The van der Waals surface area contributed by atoms with Gasteiger partial charge in [-0.2, -0.15) is 0 Å². The molecule has 3 rings (SSSR count). The first kappa shape index (κ1) is 21.3. The molecule has 154 valence electrons. The summed E-state index contributed by atoms with van der Waals surface area (Å²) in [5, 5.41) is 4.94. The quantitative estimate of drug-likeness (QED) is 0.743. The number of nitrogens with one attached hydrogen (secondary N) is 2. The van der Waals surface area contributed by atoms with E-state index in [-0.39, 0.29) is 22.4 Å². The number of hydrogen-bond donors (Lipinski definition) is 2. The molecule has 0 bridgehead atoms. The molecule has 10 heteroatoms. The molecule has 0 saturated heterocycles. The van der Waals surface area contributed by atoms with Gasteiger partial charge in [-0.15, -0.1) is 11.8 Å². The highest BCUT2D eigenvalue weighted by molar-refractivity contribution is 7.99. The highest BCUT2D eigenvalue weighted by atomic mass is 32.2. The van der Waals surface area contributed by atoms with E-state index in [0.29, 0.717) is 17.5 Å². The molecule has 1 atom stereocenters. The largest absolute Gasteiger partial charge is 0.325 e. The van der Waals surface area contributed by atoms with Gasteiger partial charge in [-0.25, -0.2) is 17.2 Å². The van der Waals surface area contributed by atoms with Crippen LogP contribution in [0.1, 0.15) is 13.3 Å². The standard InChI is InChI=1S/C19H18F2N2O4S2/c1-11-10-28-17-5-3-13(9-16(17)23-19(11)25)29(26,27)7-6-18(24)22-15-4-2-12(20)8-14(15)21/h2-5,8-9,11H,6-7,10H2,1H3,(H,22,24)(H,23,25)/t11-/m0/s1. The minimum atomic E-state index is -3.82. The molecule has 1 aliphatic heterocycles. The minimum absolute atomic E-state index is 0.0209. The van der Waals surface area contributed by atoms with Crippen molar-refractivity contribution in [1.82, 2.24) is 0 Å². The summed E-state index contributed by atoms with van der Waals surface area (Å²) in [7, 11) is -3.82. The second-order valence-electron chi connectivity index (χ2n) is 6.60. The first-order valence-corrected chi connectivity index (χ1v) is 11.3. The van der Waals surface area contributed by atoms with E-state index in [0.717, 1.165) is 17.0 Å². The van der Waals surface area contributed by atoms with Gasteiger partial charge in [-0.3, -0.25) is 9.59 Å². The van der Waals surface area contributed by atoms with E-state index < -0.39 is 39.6 Å². The van der Waals surface area contributed by atoms with Crippen molar-refractivity contribution in [1.29, 1.82) is 0 Å². The van der Waals surface area contributed by atoms with Crippen LogP contribution in [0.2, 0.25) is 0 Å². The maximum Gasteiger partial charge on any atom is 0.228 e. The number of hydrogen-bond acceptors (Lipinski definition) is 5. The molecule has 2 aromatic carbocycles. The van der Waals surface area contributed by atoms with Crippen LogP contribution in [0, 0.1) is 17.6 Å². The first-order valence-electron chi connectivity index (χ1n) is 8.71. The number of benzene rings is 2. The Balaban J connectivity index is 1.69. The molecule has 1 aliphatic rings. The molecule has 0 spiro atoms. The summed E-state index contributed by atoms with van der Waals surface area (Å²) in [6, 6.07) is 7.10. The molecule has 0 radical (unpaired) electrons. The zero-order chi connectivity index (χ0) is 21.2. The summed E-state index contributed by atoms with van der Waals surface area (Å²) in [5.41, 5.74) is 0.191. The lowest BCUT2D eigenvalue weighted by atomic mass is 10.2. The van der Waals surface area contributed by atoms with Gasteiger partial charge in [0.15, 0.2) is 9.84 Å². The van der Waals surface area contributed by atoms with E-state index >= 15 is 0 Å². The topological polar surface area (TPSA) is 92.3 Å². The average Bonchev–Trinajstić information content (AvgIpc) is 2.80. The second-order valence-corrected chi connectivity index (χ2v) is 9.77.